The SMILES string of the molecule is CC(NCCN1CCOCC1)c1c(O)cccc1O. The molecule has 3 N–H and O–H groups in total. The van der Waals surface area contributed by atoms with E-state index in [-0.39, 0.29) is 17.5 Å². The van der Waals surface area contributed by atoms with E-state index in [1.807, 2.05) is 6.92 Å². The van der Waals surface area contributed by atoms with Crippen LogP contribution in [0.15, 0.2) is 18.2 Å². The zero-order valence-corrected chi connectivity index (χ0v) is 11.3. The van der Waals surface area contributed by atoms with Crippen molar-refractivity contribution in [3.05, 3.63) is 23.8 Å². The fourth-order valence-corrected chi connectivity index (χ4v) is 2.35. The van der Waals surface area contributed by atoms with Crippen LogP contribution < -0.4 is 5.32 Å². The Morgan fingerprint density at radius 2 is 1.89 bits per heavy atom. The van der Waals surface area contributed by atoms with Crippen LogP contribution in [-0.4, -0.2) is 54.5 Å². The van der Waals surface area contributed by atoms with E-state index in [2.05, 4.69) is 10.2 Å². The Hall–Kier alpha value is -1.30. The molecule has 1 saturated heterocycles. The van der Waals surface area contributed by atoms with Crippen LogP contribution in [0.2, 0.25) is 0 Å². The van der Waals surface area contributed by atoms with Gasteiger partial charge in [-0.2, -0.15) is 0 Å². The topological polar surface area (TPSA) is 65.0 Å². The highest BCUT2D eigenvalue weighted by Crippen LogP contribution is 2.31. The minimum absolute atomic E-state index is 0.0813. The third-order valence-corrected chi connectivity index (χ3v) is 3.48. The van der Waals surface area contributed by atoms with Crippen LogP contribution in [0.3, 0.4) is 0 Å². The predicted octanol–water partition coefficient (Wildman–Crippen LogP) is 1.08. The summed E-state index contributed by atoms with van der Waals surface area (Å²) in [6.45, 7) is 7.24. The molecule has 0 bridgehead atoms. The van der Waals surface area contributed by atoms with Gasteiger partial charge in [0.2, 0.25) is 0 Å². The van der Waals surface area contributed by atoms with Crippen molar-refractivity contribution in [1.82, 2.24) is 10.2 Å². The molecule has 5 heteroatoms. The van der Waals surface area contributed by atoms with Crippen molar-refractivity contribution < 1.29 is 14.9 Å². The van der Waals surface area contributed by atoms with Crippen LogP contribution >= 0.6 is 0 Å². The summed E-state index contributed by atoms with van der Waals surface area (Å²) in [5, 5.41) is 22.9. The van der Waals surface area contributed by atoms with E-state index in [1.165, 1.54) is 0 Å². The number of rotatable bonds is 5. The molecule has 0 spiro atoms. The van der Waals surface area contributed by atoms with Gasteiger partial charge < -0.3 is 20.3 Å². The normalized spacial score (nSPS) is 18.4. The highest BCUT2D eigenvalue weighted by atomic mass is 16.5. The highest BCUT2D eigenvalue weighted by molar-refractivity contribution is 5.44. The average Bonchev–Trinajstić information content (AvgIpc) is 2.40. The molecule has 5 nitrogen and oxygen atoms in total. The molecule has 1 aliphatic heterocycles. The summed E-state index contributed by atoms with van der Waals surface area (Å²) in [6, 6.07) is 4.74. The van der Waals surface area contributed by atoms with Gasteiger partial charge in [-0.1, -0.05) is 6.07 Å². The highest BCUT2D eigenvalue weighted by Gasteiger charge is 2.15. The molecular weight excluding hydrogens is 244 g/mol. The Kier molecular flexibility index (Phi) is 5.01. The van der Waals surface area contributed by atoms with Crippen LogP contribution in [0.4, 0.5) is 0 Å². The summed E-state index contributed by atoms with van der Waals surface area (Å²) >= 11 is 0. The van der Waals surface area contributed by atoms with Gasteiger partial charge in [0.1, 0.15) is 11.5 Å². The van der Waals surface area contributed by atoms with Gasteiger partial charge in [0.25, 0.3) is 0 Å². The van der Waals surface area contributed by atoms with Crippen LogP contribution in [-0.2, 0) is 4.74 Å². The quantitative estimate of drug-likeness (QED) is 0.744. The molecule has 2 rings (SSSR count). The molecule has 1 aromatic carbocycles. The number of hydrogen-bond acceptors (Lipinski definition) is 5. The van der Waals surface area contributed by atoms with Crippen molar-refractivity contribution in [2.45, 2.75) is 13.0 Å². The summed E-state index contributed by atoms with van der Waals surface area (Å²) in [5.74, 6) is 0.262. The number of nitrogens with one attached hydrogen (secondary N) is 1. The van der Waals surface area contributed by atoms with E-state index < -0.39 is 0 Å². The summed E-state index contributed by atoms with van der Waals surface area (Å²) in [4.78, 5) is 2.34. The number of phenolic OH excluding ortho intramolecular Hbond substituents is 2. The Morgan fingerprint density at radius 1 is 1.26 bits per heavy atom. The van der Waals surface area contributed by atoms with Crippen molar-refractivity contribution in [3.63, 3.8) is 0 Å². The number of hydrogen-bond donors (Lipinski definition) is 3. The number of morpholine rings is 1. The Bertz CT molecular complexity index is 385. The van der Waals surface area contributed by atoms with Gasteiger partial charge in [0.15, 0.2) is 0 Å². The third-order valence-electron chi connectivity index (χ3n) is 3.48. The van der Waals surface area contributed by atoms with Gasteiger partial charge in [0, 0.05) is 32.2 Å². The lowest BCUT2D eigenvalue weighted by Gasteiger charge is -2.27. The molecular formula is C14H22N2O3. The molecule has 0 aliphatic carbocycles. The maximum Gasteiger partial charge on any atom is 0.124 e. The molecule has 0 saturated carbocycles. The van der Waals surface area contributed by atoms with Crippen molar-refractivity contribution in [1.29, 1.82) is 0 Å². The fraction of sp³-hybridized carbons (Fsp3) is 0.571. The minimum atomic E-state index is -0.0813. The van der Waals surface area contributed by atoms with Gasteiger partial charge in [-0.25, -0.2) is 0 Å². The first-order valence-electron chi connectivity index (χ1n) is 6.73. The standard InChI is InChI=1S/C14H22N2O3/c1-11(14-12(17)3-2-4-13(14)18)15-5-6-16-7-9-19-10-8-16/h2-4,11,15,17-18H,5-10H2,1H3. The first-order valence-corrected chi connectivity index (χ1v) is 6.73. The molecule has 1 heterocycles. The Balaban J connectivity index is 1.82. The van der Waals surface area contributed by atoms with Crippen LogP contribution in [0.5, 0.6) is 11.5 Å². The summed E-state index contributed by atoms with van der Waals surface area (Å²) in [5.41, 5.74) is 0.560. The second kappa shape index (κ2) is 6.75. The third kappa shape index (κ3) is 3.83. The molecule has 0 aromatic heterocycles. The lowest BCUT2D eigenvalue weighted by molar-refractivity contribution is 0.0382. The van der Waals surface area contributed by atoms with Crippen molar-refractivity contribution in [3.8, 4) is 11.5 Å². The number of ether oxygens (including phenoxy) is 1. The average molecular weight is 266 g/mol. The van der Waals surface area contributed by atoms with Crippen molar-refractivity contribution >= 4 is 0 Å². The number of nitrogens with zero attached hydrogens (tertiary/aromatic N) is 1. The van der Waals surface area contributed by atoms with E-state index >= 15 is 0 Å². The second-order valence-corrected chi connectivity index (χ2v) is 4.84. The molecule has 106 valence electrons. The van der Waals surface area contributed by atoms with Gasteiger partial charge in [0.05, 0.1) is 18.8 Å². The monoisotopic (exact) mass is 266 g/mol. The smallest absolute Gasteiger partial charge is 0.124 e. The van der Waals surface area contributed by atoms with Crippen molar-refractivity contribution in [2.75, 3.05) is 39.4 Å². The molecule has 19 heavy (non-hydrogen) atoms. The maximum absolute atomic E-state index is 9.78. The molecule has 1 fully saturated rings. The Labute approximate surface area is 113 Å². The summed E-state index contributed by atoms with van der Waals surface area (Å²) in [7, 11) is 0. The zero-order valence-electron chi connectivity index (χ0n) is 11.3. The lowest BCUT2D eigenvalue weighted by atomic mass is 10.1. The zero-order chi connectivity index (χ0) is 13.7. The van der Waals surface area contributed by atoms with Crippen LogP contribution in [0.25, 0.3) is 0 Å². The number of benzene rings is 1. The van der Waals surface area contributed by atoms with Gasteiger partial charge in [-0.15, -0.1) is 0 Å². The first-order chi connectivity index (χ1) is 9.18. The lowest BCUT2D eigenvalue weighted by Crippen LogP contribution is -2.40. The van der Waals surface area contributed by atoms with Crippen LogP contribution in [0, 0.1) is 0 Å². The molecule has 1 aliphatic rings. The molecule has 0 radical (unpaired) electrons. The second-order valence-electron chi connectivity index (χ2n) is 4.84. The van der Waals surface area contributed by atoms with E-state index in [4.69, 9.17) is 4.74 Å². The Morgan fingerprint density at radius 3 is 2.53 bits per heavy atom. The molecule has 1 atom stereocenters. The number of aromatic hydroxyl groups is 2. The molecule has 1 aromatic rings. The van der Waals surface area contributed by atoms with Gasteiger partial charge >= 0.3 is 0 Å². The summed E-state index contributed by atoms with van der Waals surface area (Å²) in [6.07, 6.45) is 0. The first kappa shape index (κ1) is 14.1. The largest absolute Gasteiger partial charge is 0.507 e. The van der Waals surface area contributed by atoms with E-state index in [0.29, 0.717) is 5.56 Å². The molecule has 1 unspecified atom stereocenters. The number of phenols is 2. The van der Waals surface area contributed by atoms with E-state index in [9.17, 15) is 10.2 Å². The predicted molar refractivity (Wildman–Crippen MR) is 73.4 cm³/mol. The van der Waals surface area contributed by atoms with E-state index in [0.717, 1.165) is 39.4 Å². The minimum Gasteiger partial charge on any atom is -0.507 e. The molecule has 0 amide bonds. The maximum atomic E-state index is 9.78. The fourth-order valence-electron chi connectivity index (χ4n) is 2.35. The van der Waals surface area contributed by atoms with Crippen LogP contribution in [0.1, 0.15) is 18.5 Å². The van der Waals surface area contributed by atoms with E-state index in [1.54, 1.807) is 18.2 Å². The van der Waals surface area contributed by atoms with Crippen molar-refractivity contribution in [2.24, 2.45) is 0 Å². The summed E-state index contributed by atoms with van der Waals surface area (Å²) < 4.78 is 5.30. The van der Waals surface area contributed by atoms with Gasteiger partial charge in [-0.3, -0.25) is 4.90 Å². The van der Waals surface area contributed by atoms with Gasteiger partial charge in [-0.05, 0) is 19.1 Å².